The van der Waals surface area contributed by atoms with Crippen LogP contribution in [0.1, 0.15) is 11.3 Å². The first kappa shape index (κ1) is 20.2. The van der Waals surface area contributed by atoms with Gasteiger partial charge < -0.3 is 9.15 Å². The Morgan fingerprint density at radius 2 is 1.80 bits per heavy atom. The fraction of sp³-hybridized carbons (Fsp3) is 0. The van der Waals surface area contributed by atoms with E-state index < -0.39 is 10.9 Å². The average Bonchev–Trinajstić information content (AvgIpc) is 3.29. The van der Waals surface area contributed by atoms with E-state index in [1.54, 1.807) is 30.3 Å². The second-order valence-electron chi connectivity index (χ2n) is 6.09. The van der Waals surface area contributed by atoms with E-state index in [-0.39, 0.29) is 27.9 Å². The van der Waals surface area contributed by atoms with E-state index in [0.29, 0.717) is 27.1 Å². The van der Waals surface area contributed by atoms with Crippen molar-refractivity contribution in [1.82, 2.24) is 0 Å². The third kappa shape index (κ3) is 3.95. The minimum absolute atomic E-state index is 0.0225. The first-order valence-corrected chi connectivity index (χ1v) is 9.47. The molecular formula is C20H9Cl3N2O5. The molecule has 1 aliphatic heterocycles. The molecule has 10 heteroatoms. The number of benzene rings is 2. The van der Waals surface area contributed by atoms with Crippen LogP contribution in [0, 0.1) is 10.1 Å². The molecule has 0 radical (unpaired) electrons. The molecule has 4 rings (SSSR count). The summed E-state index contributed by atoms with van der Waals surface area (Å²) in [6, 6.07) is 12.3. The second-order valence-corrected chi connectivity index (χ2v) is 7.34. The van der Waals surface area contributed by atoms with E-state index in [1.165, 1.54) is 24.3 Å². The number of halogens is 3. The number of rotatable bonds is 4. The zero-order valence-electron chi connectivity index (χ0n) is 14.8. The van der Waals surface area contributed by atoms with E-state index in [0.717, 1.165) is 0 Å². The van der Waals surface area contributed by atoms with Gasteiger partial charge in [-0.05, 0) is 42.5 Å². The van der Waals surface area contributed by atoms with Gasteiger partial charge in [-0.25, -0.2) is 9.79 Å². The summed E-state index contributed by atoms with van der Waals surface area (Å²) >= 11 is 17.9. The van der Waals surface area contributed by atoms with Crippen LogP contribution in [0.3, 0.4) is 0 Å². The van der Waals surface area contributed by atoms with Crippen molar-refractivity contribution in [3.05, 3.63) is 90.7 Å². The maximum absolute atomic E-state index is 12.2. The zero-order valence-corrected chi connectivity index (χ0v) is 17.0. The molecule has 1 aromatic heterocycles. The molecular weight excluding hydrogens is 455 g/mol. The number of nitro benzene ring substituents is 1. The summed E-state index contributed by atoms with van der Waals surface area (Å²) in [6.07, 6.45) is 1.40. The van der Waals surface area contributed by atoms with Crippen molar-refractivity contribution in [2.75, 3.05) is 0 Å². The Bertz CT molecular complexity index is 1260. The molecule has 2 aromatic carbocycles. The quantitative estimate of drug-likeness (QED) is 0.200. The largest absolute Gasteiger partial charge is 0.457 e. The van der Waals surface area contributed by atoms with Crippen LogP contribution in [0.5, 0.6) is 0 Å². The van der Waals surface area contributed by atoms with Crippen LogP contribution in [0.4, 0.5) is 5.69 Å². The number of nitrogens with zero attached hydrogens (tertiary/aromatic N) is 2. The summed E-state index contributed by atoms with van der Waals surface area (Å²) in [5, 5.41) is 11.9. The standard InChI is InChI=1S/C20H9Cl3N2O5/c21-11-2-4-13(15(23)8-11)18-6-3-12(29-18)9-16-20(26)30-19(24-16)10-1-5-14(22)17(7-10)25(27)28/h1-9H/b16-9-. The molecule has 0 atom stereocenters. The van der Waals surface area contributed by atoms with Gasteiger partial charge >= 0.3 is 5.97 Å². The van der Waals surface area contributed by atoms with Crippen LogP contribution in [0.2, 0.25) is 15.1 Å². The lowest BCUT2D eigenvalue weighted by Gasteiger charge is -2.00. The minimum atomic E-state index is -0.718. The molecule has 3 aromatic rings. The number of nitro groups is 1. The van der Waals surface area contributed by atoms with Crippen molar-refractivity contribution in [1.29, 1.82) is 0 Å². The molecule has 2 heterocycles. The lowest BCUT2D eigenvalue weighted by molar-refractivity contribution is -0.384. The highest BCUT2D eigenvalue weighted by atomic mass is 35.5. The van der Waals surface area contributed by atoms with Crippen LogP contribution < -0.4 is 0 Å². The SMILES string of the molecule is O=C1OC(c2ccc(Cl)c([N+](=O)[O-])c2)=N/C1=C\c1ccc(-c2ccc(Cl)cc2Cl)o1. The normalized spacial score (nSPS) is 14.7. The Labute approximate surface area is 184 Å². The van der Waals surface area contributed by atoms with Gasteiger partial charge in [0.1, 0.15) is 16.5 Å². The summed E-state index contributed by atoms with van der Waals surface area (Å²) in [5.41, 5.74) is 0.542. The summed E-state index contributed by atoms with van der Waals surface area (Å²) in [7, 11) is 0. The Morgan fingerprint density at radius 1 is 1.00 bits per heavy atom. The van der Waals surface area contributed by atoms with Crippen LogP contribution >= 0.6 is 34.8 Å². The van der Waals surface area contributed by atoms with Gasteiger partial charge in [0.05, 0.1) is 9.95 Å². The molecule has 0 bridgehead atoms. The predicted octanol–water partition coefficient (Wildman–Crippen LogP) is 6.16. The molecule has 0 N–H and O–H groups in total. The van der Waals surface area contributed by atoms with Crippen molar-refractivity contribution >= 4 is 58.4 Å². The predicted molar refractivity (Wildman–Crippen MR) is 113 cm³/mol. The van der Waals surface area contributed by atoms with Gasteiger partial charge in [0.2, 0.25) is 5.90 Å². The molecule has 150 valence electrons. The smallest absolute Gasteiger partial charge is 0.363 e. The molecule has 0 fully saturated rings. The van der Waals surface area contributed by atoms with Crippen LogP contribution in [0.15, 0.2) is 63.6 Å². The second kappa shape index (κ2) is 7.95. The summed E-state index contributed by atoms with van der Waals surface area (Å²) in [4.78, 5) is 26.7. The van der Waals surface area contributed by atoms with E-state index in [1.807, 2.05) is 0 Å². The summed E-state index contributed by atoms with van der Waals surface area (Å²) in [6.45, 7) is 0. The highest BCUT2D eigenvalue weighted by molar-refractivity contribution is 6.36. The number of esters is 1. The molecule has 0 saturated carbocycles. The number of cyclic esters (lactones) is 1. The molecule has 0 saturated heterocycles. The van der Waals surface area contributed by atoms with Gasteiger partial charge in [0, 0.05) is 28.3 Å². The lowest BCUT2D eigenvalue weighted by atomic mass is 10.2. The Kier molecular flexibility index (Phi) is 5.34. The molecule has 0 aliphatic carbocycles. The van der Waals surface area contributed by atoms with Crippen molar-refractivity contribution in [2.24, 2.45) is 4.99 Å². The fourth-order valence-electron chi connectivity index (χ4n) is 2.72. The Balaban J connectivity index is 1.64. The number of aliphatic imine (C=N–C) groups is 1. The first-order valence-electron chi connectivity index (χ1n) is 8.34. The molecule has 0 unspecified atom stereocenters. The Hall–Kier alpha value is -3.13. The van der Waals surface area contributed by atoms with Gasteiger partial charge in [0.25, 0.3) is 5.69 Å². The highest BCUT2D eigenvalue weighted by Gasteiger charge is 2.26. The maximum Gasteiger partial charge on any atom is 0.363 e. The third-order valence-electron chi connectivity index (χ3n) is 4.11. The third-order valence-corrected chi connectivity index (χ3v) is 4.98. The monoisotopic (exact) mass is 462 g/mol. The van der Waals surface area contributed by atoms with Gasteiger partial charge in [-0.3, -0.25) is 10.1 Å². The van der Waals surface area contributed by atoms with Crippen molar-refractivity contribution in [3.63, 3.8) is 0 Å². The maximum atomic E-state index is 12.2. The molecule has 0 spiro atoms. The van der Waals surface area contributed by atoms with Gasteiger partial charge in [-0.2, -0.15) is 0 Å². The van der Waals surface area contributed by atoms with E-state index >= 15 is 0 Å². The molecule has 30 heavy (non-hydrogen) atoms. The lowest BCUT2D eigenvalue weighted by Crippen LogP contribution is -2.06. The van der Waals surface area contributed by atoms with Crippen molar-refractivity contribution in [2.45, 2.75) is 0 Å². The van der Waals surface area contributed by atoms with Gasteiger partial charge in [-0.1, -0.05) is 34.8 Å². The number of carbonyl (C=O) groups excluding carboxylic acids is 1. The van der Waals surface area contributed by atoms with Crippen molar-refractivity contribution in [3.8, 4) is 11.3 Å². The molecule has 1 aliphatic rings. The molecule has 7 nitrogen and oxygen atoms in total. The fourth-order valence-corrected chi connectivity index (χ4v) is 3.41. The zero-order chi connectivity index (χ0) is 21.4. The number of hydrogen-bond acceptors (Lipinski definition) is 6. The molecule has 0 amide bonds. The van der Waals surface area contributed by atoms with Crippen molar-refractivity contribution < 1.29 is 18.9 Å². The van der Waals surface area contributed by atoms with E-state index in [2.05, 4.69) is 4.99 Å². The van der Waals surface area contributed by atoms with E-state index in [9.17, 15) is 14.9 Å². The van der Waals surface area contributed by atoms with Crippen LogP contribution in [0.25, 0.3) is 17.4 Å². The number of ether oxygens (including phenoxy) is 1. The first-order chi connectivity index (χ1) is 14.3. The van der Waals surface area contributed by atoms with Crippen LogP contribution in [-0.4, -0.2) is 16.8 Å². The topological polar surface area (TPSA) is 94.9 Å². The van der Waals surface area contributed by atoms with Gasteiger partial charge in [-0.15, -0.1) is 0 Å². The van der Waals surface area contributed by atoms with Gasteiger partial charge in [0.15, 0.2) is 5.70 Å². The average molecular weight is 464 g/mol. The number of carbonyl (C=O) groups is 1. The summed E-state index contributed by atoms with van der Waals surface area (Å²) in [5.74, 6) is 0.0334. The highest BCUT2D eigenvalue weighted by Crippen LogP contribution is 2.32. The van der Waals surface area contributed by atoms with Crippen LogP contribution in [-0.2, 0) is 9.53 Å². The number of hydrogen-bond donors (Lipinski definition) is 0. The van der Waals surface area contributed by atoms with E-state index in [4.69, 9.17) is 44.0 Å². The Morgan fingerprint density at radius 3 is 2.53 bits per heavy atom. The summed E-state index contributed by atoms with van der Waals surface area (Å²) < 4.78 is 10.9. The minimum Gasteiger partial charge on any atom is -0.457 e. The number of furan rings is 1.